The van der Waals surface area contributed by atoms with Gasteiger partial charge in [-0.1, -0.05) is 11.6 Å². The molecule has 0 bridgehead atoms. The Bertz CT molecular complexity index is 625. The first kappa shape index (κ1) is 20.9. The minimum Gasteiger partial charge on any atom is -0.396 e. The average molecular weight is 402 g/mol. The lowest BCUT2D eigenvalue weighted by molar-refractivity contribution is 0.0206. The molecule has 2 saturated heterocycles. The van der Waals surface area contributed by atoms with Gasteiger partial charge in [0.25, 0.3) is 0 Å². The summed E-state index contributed by atoms with van der Waals surface area (Å²) >= 11 is 5.84. The molecule has 0 aromatic heterocycles. The molecule has 0 radical (unpaired) electrons. The summed E-state index contributed by atoms with van der Waals surface area (Å²) in [6.45, 7) is 6.31. The van der Waals surface area contributed by atoms with Crippen molar-refractivity contribution in [2.24, 2.45) is 5.92 Å². The summed E-state index contributed by atoms with van der Waals surface area (Å²) in [5.41, 5.74) is 0.0569. The van der Waals surface area contributed by atoms with Crippen molar-refractivity contribution in [1.29, 1.82) is 0 Å². The Kier molecular flexibility index (Phi) is 7.45. The molecular formula is C20H30ClF2N3O. The van der Waals surface area contributed by atoms with Gasteiger partial charge < -0.3 is 10.0 Å². The third kappa shape index (κ3) is 5.18. The molecule has 2 atom stereocenters. The lowest BCUT2D eigenvalue weighted by atomic mass is 9.86. The van der Waals surface area contributed by atoms with Crippen LogP contribution in [0.2, 0.25) is 5.02 Å². The molecule has 2 fully saturated rings. The number of piperazine rings is 1. The quantitative estimate of drug-likeness (QED) is 0.742. The Morgan fingerprint density at radius 1 is 1.15 bits per heavy atom. The van der Waals surface area contributed by atoms with Gasteiger partial charge in [0.2, 0.25) is 0 Å². The lowest BCUT2D eigenvalue weighted by Crippen LogP contribution is -2.56. The topological polar surface area (TPSA) is 30.0 Å². The SMILES string of the molecule is CN1CCN([C@H]2CCN(Cc3c(F)ccc(Cl)c3F)C[C@H]2CCCO)CC1. The van der Waals surface area contributed by atoms with Gasteiger partial charge in [-0.05, 0) is 44.4 Å². The van der Waals surface area contributed by atoms with Crippen molar-refractivity contribution in [2.75, 3.05) is 52.9 Å². The van der Waals surface area contributed by atoms with E-state index in [0.29, 0.717) is 12.0 Å². The van der Waals surface area contributed by atoms with Crippen LogP contribution in [0.25, 0.3) is 0 Å². The van der Waals surface area contributed by atoms with E-state index in [-0.39, 0.29) is 23.7 Å². The van der Waals surface area contributed by atoms with Crippen LogP contribution in [0, 0.1) is 17.6 Å². The number of nitrogens with zero attached hydrogens (tertiary/aromatic N) is 3. The van der Waals surface area contributed by atoms with Crippen LogP contribution in [0.3, 0.4) is 0 Å². The van der Waals surface area contributed by atoms with Crippen molar-refractivity contribution in [3.63, 3.8) is 0 Å². The number of benzene rings is 1. The van der Waals surface area contributed by atoms with E-state index >= 15 is 0 Å². The zero-order chi connectivity index (χ0) is 19.4. The standard InChI is InChI=1S/C20H30ClF2N3O/c1-24-8-10-26(11-9-24)19-6-7-25(13-15(19)3-2-12-27)14-16-18(22)5-4-17(21)20(16)23/h4-5,15,19,27H,2-3,6-14H2,1H3/t15-,19+/m1/s1. The molecule has 3 rings (SSSR count). The molecule has 0 aliphatic carbocycles. The second-order valence-electron chi connectivity index (χ2n) is 7.88. The summed E-state index contributed by atoms with van der Waals surface area (Å²) in [7, 11) is 2.15. The fourth-order valence-corrected chi connectivity index (χ4v) is 4.62. The third-order valence-electron chi connectivity index (χ3n) is 6.04. The van der Waals surface area contributed by atoms with Crippen molar-refractivity contribution < 1.29 is 13.9 Å². The molecule has 7 heteroatoms. The number of aliphatic hydroxyl groups is 1. The predicted octanol–water partition coefficient (Wildman–Crippen LogP) is 2.83. The number of hydrogen-bond acceptors (Lipinski definition) is 4. The largest absolute Gasteiger partial charge is 0.396 e. The summed E-state index contributed by atoms with van der Waals surface area (Å²) in [6, 6.07) is 2.98. The van der Waals surface area contributed by atoms with Crippen molar-refractivity contribution in [3.05, 3.63) is 34.4 Å². The number of hydrogen-bond donors (Lipinski definition) is 1. The second-order valence-corrected chi connectivity index (χ2v) is 8.29. The monoisotopic (exact) mass is 401 g/mol. The number of halogens is 3. The Morgan fingerprint density at radius 3 is 2.59 bits per heavy atom. The molecule has 0 spiro atoms. The van der Waals surface area contributed by atoms with Crippen LogP contribution in [0.15, 0.2) is 12.1 Å². The molecule has 0 unspecified atom stereocenters. The maximum absolute atomic E-state index is 14.3. The summed E-state index contributed by atoms with van der Waals surface area (Å²) < 4.78 is 28.4. The molecule has 0 saturated carbocycles. The normalized spacial score (nSPS) is 25.8. The molecule has 1 aromatic carbocycles. The number of likely N-dealkylation sites (N-methyl/N-ethyl adjacent to an activating group) is 1. The summed E-state index contributed by atoms with van der Waals surface area (Å²) in [5.74, 6) is -0.783. The highest BCUT2D eigenvalue weighted by atomic mass is 35.5. The molecule has 4 nitrogen and oxygen atoms in total. The third-order valence-corrected chi connectivity index (χ3v) is 6.33. The molecule has 0 amide bonds. The van der Waals surface area contributed by atoms with E-state index in [1.54, 1.807) is 0 Å². The van der Waals surface area contributed by atoms with Crippen LogP contribution in [-0.2, 0) is 6.54 Å². The van der Waals surface area contributed by atoms with Crippen LogP contribution in [-0.4, -0.2) is 78.8 Å². The van der Waals surface area contributed by atoms with Crippen LogP contribution in [0.1, 0.15) is 24.8 Å². The molecular weight excluding hydrogens is 372 g/mol. The highest BCUT2D eigenvalue weighted by molar-refractivity contribution is 6.30. The van der Waals surface area contributed by atoms with Crippen LogP contribution in [0.5, 0.6) is 0 Å². The van der Waals surface area contributed by atoms with Gasteiger partial charge >= 0.3 is 0 Å². The number of aliphatic hydroxyl groups excluding tert-OH is 1. The van der Waals surface area contributed by atoms with E-state index in [4.69, 9.17) is 11.6 Å². The van der Waals surface area contributed by atoms with Gasteiger partial charge in [-0.25, -0.2) is 8.78 Å². The van der Waals surface area contributed by atoms with E-state index in [9.17, 15) is 13.9 Å². The highest BCUT2D eigenvalue weighted by Gasteiger charge is 2.34. The molecule has 1 aromatic rings. The van der Waals surface area contributed by atoms with Crippen LogP contribution >= 0.6 is 11.6 Å². The number of likely N-dealkylation sites (tertiary alicyclic amines) is 1. The van der Waals surface area contributed by atoms with Gasteiger partial charge in [0.05, 0.1) is 5.02 Å². The Hall–Kier alpha value is -0.790. The first-order chi connectivity index (χ1) is 13.0. The Morgan fingerprint density at radius 2 is 1.89 bits per heavy atom. The van der Waals surface area contributed by atoms with Crippen LogP contribution < -0.4 is 0 Å². The van der Waals surface area contributed by atoms with Gasteiger partial charge in [-0.2, -0.15) is 0 Å². The fourth-order valence-electron chi connectivity index (χ4n) is 4.45. The van der Waals surface area contributed by atoms with E-state index in [1.807, 2.05) is 0 Å². The molecule has 2 aliphatic rings. The maximum Gasteiger partial charge on any atom is 0.149 e. The smallest absolute Gasteiger partial charge is 0.149 e. The highest BCUT2D eigenvalue weighted by Crippen LogP contribution is 2.29. The first-order valence-electron chi connectivity index (χ1n) is 9.87. The summed E-state index contributed by atoms with van der Waals surface area (Å²) in [6.07, 6.45) is 2.69. The minimum atomic E-state index is -0.648. The van der Waals surface area contributed by atoms with Crippen molar-refractivity contribution >= 4 is 11.6 Å². The fraction of sp³-hybridized carbons (Fsp3) is 0.700. The van der Waals surface area contributed by atoms with E-state index in [1.165, 1.54) is 12.1 Å². The lowest BCUT2D eigenvalue weighted by Gasteiger charge is -2.46. The average Bonchev–Trinajstić information content (AvgIpc) is 2.67. The van der Waals surface area contributed by atoms with Gasteiger partial charge in [-0.15, -0.1) is 0 Å². The zero-order valence-electron chi connectivity index (χ0n) is 16.0. The molecule has 152 valence electrons. The molecule has 2 heterocycles. The first-order valence-corrected chi connectivity index (χ1v) is 10.3. The summed E-state index contributed by atoms with van der Waals surface area (Å²) in [5, 5.41) is 9.25. The van der Waals surface area contributed by atoms with Crippen LogP contribution in [0.4, 0.5) is 8.78 Å². The number of piperidine rings is 1. The van der Waals surface area contributed by atoms with Gasteiger partial charge in [0, 0.05) is 64.0 Å². The zero-order valence-corrected chi connectivity index (χ0v) is 16.8. The molecule has 1 N–H and O–H groups in total. The predicted molar refractivity (Wildman–Crippen MR) is 104 cm³/mol. The van der Waals surface area contributed by atoms with E-state index < -0.39 is 11.6 Å². The van der Waals surface area contributed by atoms with Gasteiger partial charge in [0.1, 0.15) is 11.6 Å². The Labute approximate surface area is 165 Å². The second kappa shape index (κ2) is 9.61. The van der Waals surface area contributed by atoms with Crippen molar-refractivity contribution in [2.45, 2.75) is 31.8 Å². The minimum absolute atomic E-state index is 0.0319. The van der Waals surface area contributed by atoms with Crippen molar-refractivity contribution in [1.82, 2.24) is 14.7 Å². The van der Waals surface area contributed by atoms with E-state index in [0.717, 1.165) is 58.5 Å². The Balaban J connectivity index is 1.68. The molecule has 27 heavy (non-hydrogen) atoms. The number of rotatable bonds is 6. The maximum atomic E-state index is 14.3. The van der Waals surface area contributed by atoms with Crippen molar-refractivity contribution in [3.8, 4) is 0 Å². The summed E-state index contributed by atoms with van der Waals surface area (Å²) in [4.78, 5) is 7.05. The van der Waals surface area contributed by atoms with Gasteiger partial charge in [0.15, 0.2) is 0 Å². The molecule has 2 aliphatic heterocycles. The van der Waals surface area contributed by atoms with E-state index in [2.05, 4.69) is 21.7 Å². The van der Waals surface area contributed by atoms with Gasteiger partial charge in [-0.3, -0.25) is 9.80 Å².